The van der Waals surface area contributed by atoms with Crippen LogP contribution in [0.4, 0.5) is 0 Å². The van der Waals surface area contributed by atoms with Gasteiger partial charge in [0.05, 0.1) is 0 Å². The lowest BCUT2D eigenvalue weighted by Crippen LogP contribution is -2.39. The molecule has 1 aromatic carbocycles. The van der Waals surface area contributed by atoms with E-state index in [1.807, 2.05) is 24.3 Å². The summed E-state index contributed by atoms with van der Waals surface area (Å²) in [4.78, 5) is 25.9. The minimum absolute atomic E-state index is 0.0150. The van der Waals surface area contributed by atoms with E-state index in [1.165, 1.54) is 10.5 Å². The lowest BCUT2D eigenvalue weighted by Gasteiger charge is -2.23. The zero-order chi connectivity index (χ0) is 15.9. The van der Waals surface area contributed by atoms with Crippen LogP contribution in [-0.4, -0.2) is 22.8 Å². The number of imide groups is 1. The Labute approximate surface area is 133 Å². The van der Waals surface area contributed by atoms with Crippen LogP contribution in [0, 0.1) is 5.92 Å². The number of likely N-dealkylation sites (tertiary alicyclic amines) is 1. The van der Waals surface area contributed by atoms with Gasteiger partial charge in [-0.1, -0.05) is 56.3 Å². The van der Waals surface area contributed by atoms with E-state index in [0.717, 1.165) is 12.8 Å². The first kappa shape index (κ1) is 16.5. The second-order valence-electron chi connectivity index (χ2n) is 6.25. The first-order chi connectivity index (χ1) is 10.6. The van der Waals surface area contributed by atoms with Crippen LogP contribution in [0.15, 0.2) is 42.5 Å². The van der Waals surface area contributed by atoms with E-state index in [0.29, 0.717) is 25.2 Å². The Bertz CT molecular complexity index is 534. The molecule has 0 radical (unpaired) electrons. The summed E-state index contributed by atoms with van der Waals surface area (Å²) in [6, 6.07) is 10.1. The molecule has 0 saturated carbocycles. The Morgan fingerprint density at radius 3 is 2.73 bits per heavy atom. The SMILES string of the molecule is CC(C)C=CCCC(=O)N1C(=O)CC[C@H]1Cc1ccccc1. The van der Waals surface area contributed by atoms with E-state index in [-0.39, 0.29) is 17.9 Å². The van der Waals surface area contributed by atoms with Crippen LogP contribution in [-0.2, 0) is 16.0 Å². The third kappa shape index (κ3) is 4.55. The molecule has 1 aliphatic rings. The minimum Gasteiger partial charge on any atom is -0.279 e. The minimum atomic E-state index is -0.0307. The molecule has 1 saturated heterocycles. The van der Waals surface area contributed by atoms with Crippen molar-refractivity contribution in [3.05, 3.63) is 48.0 Å². The maximum Gasteiger partial charge on any atom is 0.229 e. The molecule has 0 aliphatic carbocycles. The number of allylic oxidation sites excluding steroid dienone is 2. The van der Waals surface area contributed by atoms with Crippen LogP contribution in [0.5, 0.6) is 0 Å². The smallest absolute Gasteiger partial charge is 0.229 e. The van der Waals surface area contributed by atoms with Crippen molar-refractivity contribution in [2.75, 3.05) is 0 Å². The van der Waals surface area contributed by atoms with Crippen molar-refractivity contribution < 1.29 is 9.59 Å². The van der Waals surface area contributed by atoms with Crippen molar-refractivity contribution in [2.24, 2.45) is 5.92 Å². The number of amides is 2. The first-order valence-corrected chi connectivity index (χ1v) is 8.13. The number of carbonyl (C=O) groups is 2. The molecule has 1 fully saturated rings. The van der Waals surface area contributed by atoms with Gasteiger partial charge in [0.15, 0.2) is 0 Å². The van der Waals surface area contributed by atoms with Gasteiger partial charge in [0.2, 0.25) is 11.8 Å². The summed E-state index contributed by atoms with van der Waals surface area (Å²) in [5, 5.41) is 0. The van der Waals surface area contributed by atoms with Gasteiger partial charge in [-0.2, -0.15) is 0 Å². The van der Waals surface area contributed by atoms with Crippen LogP contribution in [0.3, 0.4) is 0 Å². The van der Waals surface area contributed by atoms with Crippen LogP contribution in [0.1, 0.15) is 45.1 Å². The van der Waals surface area contributed by atoms with E-state index in [2.05, 4.69) is 32.1 Å². The molecule has 1 aromatic rings. The van der Waals surface area contributed by atoms with Crippen molar-refractivity contribution in [1.82, 2.24) is 4.90 Å². The second kappa shape index (κ2) is 7.92. The standard InChI is InChI=1S/C19H25NO2/c1-15(2)8-6-7-11-18(21)20-17(12-13-19(20)22)14-16-9-4-3-5-10-16/h3-6,8-10,15,17H,7,11-14H2,1-2H3/t17-/m0/s1. The molecule has 22 heavy (non-hydrogen) atoms. The molecule has 0 unspecified atom stereocenters. The van der Waals surface area contributed by atoms with Crippen molar-refractivity contribution in [2.45, 2.75) is 52.0 Å². The quantitative estimate of drug-likeness (QED) is 0.750. The summed E-state index contributed by atoms with van der Waals surface area (Å²) in [5.41, 5.74) is 1.18. The topological polar surface area (TPSA) is 37.4 Å². The van der Waals surface area contributed by atoms with Gasteiger partial charge in [-0.05, 0) is 30.7 Å². The first-order valence-electron chi connectivity index (χ1n) is 8.13. The molecule has 2 rings (SSSR count). The predicted molar refractivity (Wildman–Crippen MR) is 88.2 cm³/mol. The zero-order valence-corrected chi connectivity index (χ0v) is 13.5. The molecule has 0 N–H and O–H groups in total. The lowest BCUT2D eigenvalue weighted by molar-refractivity contribution is -0.143. The van der Waals surface area contributed by atoms with Gasteiger partial charge >= 0.3 is 0 Å². The van der Waals surface area contributed by atoms with E-state index < -0.39 is 0 Å². The Morgan fingerprint density at radius 1 is 1.32 bits per heavy atom. The Hall–Kier alpha value is -1.90. The van der Waals surface area contributed by atoms with Crippen molar-refractivity contribution >= 4 is 11.8 Å². The van der Waals surface area contributed by atoms with E-state index in [4.69, 9.17) is 0 Å². The van der Waals surface area contributed by atoms with Gasteiger partial charge in [-0.3, -0.25) is 14.5 Å². The summed E-state index contributed by atoms with van der Waals surface area (Å²) < 4.78 is 0. The molecular formula is C19H25NO2. The average Bonchev–Trinajstić information content (AvgIpc) is 2.85. The van der Waals surface area contributed by atoms with Crippen LogP contribution < -0.4 is 0 Å². The van der Waals surface area contributed by atoms with E-state index >= 15 is 0 Å². The average molecular weight is 299 g/mol. The van der Waals surface area contributed by atoms with Gasteiger partial charge in [0, 0.05) is 18.9 Å². The number of carbonyl (C=O) groups excluding carboxylic acids is 2. The van der Waals surface area contributed by atoms with E-state index in [9.17, 15) is 9.59 Å². The molecule has 3 nitrogen and oxygen atoms in total. The molecule has 0 spiro atoms. The molecule has 3 heteroatoms. The summed E-state index contributed by atoms with van der Waals surface area (Å²) in [5.74, 6) is 0.449. The van der Waals surface area contributed by atoms with Crippen LogP contribution in [0.2, 0.25) is 0 Å². The lowest BCUT2D eigenvalue weighted by atomic mass is 10.0. The summed E-state index contributed by atoms with van der Waals surface area (Å²) in [7, 11) is 0. The maximum absolute atomic E-state index is 12.4. The third-order valence-electron chi connectivity index (χ3n) is 3.95. The highest BCUT2D eigenvalue weighted by Crippen LogP contribution is 2.23. The zero-order valence-electron chi connectivity index (χ0n) is 13.5. The van der Waals surface area contributed by atoms with Gasteiger partial charge < -0.3 is 0 Å². The molecule has 118 valence electrons. The molecule has 1 heterocycles. The fourth-order valence-electron chi connectivity index (χ4n) is 2.86. The summed E-state index contributed by atoms with van der Waals surface area (Å²) >= 11 is 0. The van der Waals surface area contributed by atoms with Crippen LogP contribution >= 0.6 is 0 Å². The van der Waals surface area contributed by atoms with Crippen molar-refractivity contribution in [3.63, 3.8) is 0 Å². The number of hydrogen-bond donors (Lipinski definition) is 0. The number of benzene rings is 1. The number of nitrogens with zero attached hydrogens (tertiary/aromatic N) is 1. The van der Waals surface area contributed by atoms with Crippen molar-refractivity contribution in [1.29, 1.82) is 0 Å². The van der Waals surface area contributed by atoms with Gasteiger partial charge in [0.1, 0.15) is 0 Å². The highest BCUT2D eigenvalue weighted by molar-refractivity contribution is 5.97. The molecule has 2 amide bonds. The Morgan fingerprint density at radius 2 is 2.05 bits per heavy atom. The van der Waals surface area contributed by atoms with Gasteiger partial charge in [0.25, 0.3) is 0 Å². The monoisotopic (exact) mass is 299 g/mol. The molecular weight excluding hydrogens is 274 g/mol. The summed E-state index contributed by atoms with van der Waals surface area (Å²) in [6.07, 6.45) is 7.29. The fourth-order valence-corrected chi connectivity index (χ4v) is 2.86. The van der Waals surface area contributed by atoms with Crippen LogP contribution in [0.25, 0.3) is 0 Å². The fraction of sp³-hybridized carbons (Fsp3) is 0.474. The Kier molecular flexibility index (Phi) is 5.93. The molecule has 0 aromatic heterocycles. The third-order valence-corrected chi connectivity index (χ3v) is 3.95. The summed E-state index contributed by atoms with van der Waals surface area (Å²) in [6.45, 7) is 4.22. The van der Waals surface area contributed by atoms with Crippen molar-refractivity contribution in [3.8, 4) is 0 Å². The Balaban J connectivity index is 1.94. The van der Waals surface area contributed by atoms with E-state index in [1.54, 1.807) is 0 Å². The predicted octanol–water partition coefficient (Wildman–Crippen LogP) is 3.74. The van der Waals surface area contributed by atoms with Gasteiger partial charge in [-0.25, -0.2) is 0 Å². The number of rotatable bonds is 6. The molecule has 1 aliphatic heterocycles. The molecule has 1 atom stereocenters. The highest BCUT2D eigenvalue weighted by atomic mass is 16.2. The highest BCUT2D eigenvalue weighted by Gasteiger charge is 2.34. The number of hydrogen-bond acceptors (Lipinski definition) is 2. The van der Waals surface area contributed by atoms with Gasteiger partial charge in [-0.15, -0.1) is 0 Å². The largest absolute Gasteiger partial charge is 0.279 e. The molecule has 0 bridgehead atoms. The maximum atomic E-state index is 12.4. The normalized spacial score (nSPS) is 18.6. The second-order valence-corrected chi connectivity index (χ2v) is 6.25.